The fraction of sp³-hybridized carbons (Fsp3) is 0.152. The Labute approximate surface area is 324 Å². The van der Waals surface area contributed by atoms with E-state index in [1.807, 2.05) is 77.4 Å². The summed E-state index contributed by atoms with van der Waals surface area (Å²) in [5, 5.41) is 2.90. The Kier molecular flexibility index (Phi) is 10.2. The fourth-order valence-corrected chi connectivity index (χ4v) is 7.58. The summed E-state index contributed by atoms with van der Waals surface area (Å²) in [5.74, 6) is -0.206. The molecule has 1 saturated carbocycles. The molecule has 0 bridgehead atoms. The molecule has 0 saturated heterocycles. The number of amides is 1. The molecule has 1 amide bonds. The monoisotopic (exact) mass is 741 g/mol. The van der Waals surface area contributed by atoms with Crippen LogP contribution in [-0.4, -0.2) is 51.7 Å². The normalized spacial score (nSPS) is 16.5. The summed E-state index contributed by atoms with van der Waals surface area (Å²) in [7, 11) is 1.65. The lowest BCUT2D eigenvalue weighted by Crippen LogP contribution is -2.47. The maximum Gasteiger partial charge on any atom is 0.338 e. The third-order valence-electron chi connectivity index (χ3n) is 10.5. The van der Waals surface area contributed by atoms with Crippen molar-refractivity contribution in [3.8, 4) is 5.75 Å². The van der Waals surface area contributed by atoms with Crippen molar-refractivity contribution in [2.24, 2.45) is 11.8 Å². The number of ether oxygens (including phenoxy) is 3. The van der Waals surface area contributed by atoms with E-state index in [1.54, 1.807) is 62.0 Å². The van der Waals surface area contributed by atoms with Crippen LogP contribution in [0.15, 0.2) is 170 Å². The van der Waals surface area contributed by atoms with Crippen LogP contribution in [0.25, 0.3) is 11.2 Å². The zero-order chi connectivity index (χ0) is 38.5. The molecule has 0 aliphatic heterocycles. The highest BCUT2D eigenvalue weighted by atomic mass is 16.5. The number of fused-ring (bicyclic) bond motifs is 1. The Morgan fingerprint density at radius 1 is 0.714 bits per heavy atom. The molecular weight excluding hydrogens is 703 g/mol. The van der Waals surface area contributed by atoms with Crippen molar-refractivity contribution in [2.45, 2.75) is 11.6 Å². The summed E-state index contributed by atoms with van der Waals surface area (Å²) >= 11 is 0. The van der Waals surface area contributed by atoms with Gasteiger partial charge in [-0.3, -0.25) is 4.79 Å². The summed E-state index contributed by atoms with van der Waals surface area (Å²) in [6.07, 6.45) is 3.10. The SMILES string of the molecule is C=C1[C@@H](n2cnc3c(NC(=O)c4ccccc4)ncnc32)[C@H](COC(c2ccccc2)(c2ccccc2)c2ccc(OC)cc2)[C@H]1COC(=O)c1ccccc1. The van der Waals surface area contributed by atoms with Crippen molar-refractivity contribution >= 4 is 28.9 Å². The lowest BCUT2D eigenvalue weighted by Gasteiger charge is -2.48. The van der Waals surface area contributed by atoms with Crippen LogP contribution in [0.2, 0.25) is 0 Å². The molecule has 3 atom stereocenters. The minimum Gasteiger partial charge on any atom is -0.497 e. The molecule has 0 spiro atoms. The van der Waals surface area contributed by atoms with Gasteiger partial charge in [0, 0.05) is 17.4 Å². The van der Waals surface area contributed by atoms with Crippen LogP contribution in [-0.2, 0) is 15.1 Å². The standard InChI is InChI=1S/C46H39N5O5/c1-31-38(27-55-45(53)33-17-9-4-10-18-33)39(41(31)51-30-49-40-42(47-29-48-43(40)51)50-44(52)32-15-7-3-8-16-32)28-56-46(34-19-11-5-12-20-34,35-21-13-6-14-22-35)36-23-25-37(54-2)26-24-36/h3-26,29-30,38-39,41H,1,27-28H2,2H3,(H,47,48,50,52)/t38-,39+,41+/m0/s1. The predicted molar refractivity (Wildman–Crippen MR) is 213 cm³/mol. The molecule has 10 heteroatoms. The zero-order valence-corrected chi connectivity index (χ0v) is 30.7. The van der Waals surface area contributed by atoms with Crippen molar-refractivity contribution in [3.05, 3.63) is 198 Å². The number of anilines is 1. The molecule has 5 aromatic carbocycles. The Balaban J connectivity index is 1.17. The first kappa shape index (κ1) is 36.1. The summed E-state index contributed by atoms with van der Waals surface area (Å²) < 4.78 is 20.8. The van der Waals surface area contributed by atoms with Gasteiger partial charge in [-0.1, -0.05) is 116 Å². The molecule has 0 radical (unpaired) electrons. The molecule has 10 nitrogen and oxygen atoms in total. The maximum absolute atomic E-state index is 13.2. The fourth-order valence-electron chi connectivity index (χ4n) is 7.58. The van der Waals surface area contributed by atoms with Crippen LogP contribution in [0.3, 0.4) is 0 Å². The van der Waals surface area contributed by atoms with Gasteiger partial charge in [-0.2, -0.15) is 0 Å². The van der Waals surface area contributed by atoms with Crippen molar-refractivity contribution in [2.75, 3.05) is 25.6 Å². The van der Waals surface area contributed by atoms with Crippen molar-refractivity contribution < 1.29 is 23.8 Å². The maximum atomic E-state index is 13.2. The third-order valence-corrected chi connectivity index (χ3v) is 10.5. The van der Waals surface area contributed by atoms with Crippen LogP contribution in [0.1, 0.15) is 43.4 Å². The van der Waals surface area contributed by atoms with Crippen molar-refractivity contribution in [1.82, 2.24) is 19.5 Å². The molecule has 0 unspecified atom stereocenters. The molecule has 2 heterocycles. The molecule has 1 aliphatic rings. The summed E-state index contributed by atoms with van der Waals surface area (Å²) in [6.45, 7) is 4.85. The number of esters is 1. The number of hydrogen-bond acceptors (Lipinski definition) is 8. The molecule has 1 aliphatic carbocycles. The van der Waals surface area contributed by atoms with Crippen molar-refractivity contribution in [1.29, 1.82) is 0 Å². The topological polar surface area (TPSA) is 117 Å². The highest BCUT2D eigenvalue weighted by molar-refractivity contribution is 6.06. The van der Waals surface area contributed by atoms with Crippen molar-refractivity contribution in [3.63, 3.8) is 0 Å². The molecule has 278 valence electrons. The quantitative estimate of drug-likeness (QED) is 0.0713. The molecular formula is C46H39N5O5. The first-order valence-electron chi connectivity index (χ1n) is 18.3. The molecule has 8 rings (SSSR count). The Hall–Kier alpha value is -6.91. The number of methoxy groups -OCH3 is 1. The van der Waals surface area contributed by atoms with E-state index in [9.17, 15) is 9.59 Å². The number of nitrogens with one attached hydrogen (secondary N) is 1. The van der Waals surface area contributed by atoms with Gasteiger partial charge >= 0.3 is 5.97 Å². The van der Waals surface area contributed by atoms with Gasteiger partial charge in [0.05, 0.1) is 38.3 Å². The second kappa shape index (κ2) is 15.8. The summed E-state index contributed by atoms with van der Waals surface area (Å²) in [4.78, 5) is 40.0. The van der Waals surface area contributed by atoms with E-state index in [1.165, 1.54) is 6.33 Å². The lowest BCUT2D eigenvalue weighted by atomic mass is 9.65. The van der Waals surface area contributed by atoms with E-state index >= 15 is 0 Å². The number of imidazole rings is 1. The van der Waals surface area contributed by atoms with E-state index in [0.29, 0.717) is 28.1 Å². The minimum atomic E-state index is -1.03. The first-order valence-corrected chi connectivity index (χ1v) is 18.3. The largest absolute Gasteiger partial charge is 0.497 e. The highest BCUT2D eigenvalue weighted by Crippen LogP contribution is 2.51. The van der Waals surface area contributed by atoms with Crippen LogP contribution >= 0.6 is 0 Å². The van der Waals surface area contributed by atoms with Gasteiger partial charge in [-0.05, 0) is 58.7 Å². The van der Waals surface area contributed by atoms with Gasteiger partial charge in [0.25, 0.3) is 5.91 Å². The van der Waals surface area contributed by atoms with E-state index in [0.717, 1.165) is 28.0 Å². The minimum absolute atomic E-state index is 0.100. The number of hydrogen-bond donors (Lipinski definition) is 1. The second-order valence-corrected chi connectivity index (χ2v) is 13.6. The van der Waals surface area contributed by atoms with Crippen LogP contribution in [0, 0.1) is 11.8 Å². The average Bonchev–Trinajstić information content (AvgIpc) is 3.69. The highest BCUT2D eigenvalue weighted by Gasteiger charge is 2.49. The third kappa shape index (κ3) is 6.82. The molecule has 1 fully saturated rings. The number of benzene rings is 5. The van der Waals surface area contributed by atoms with E-state index in [-0.39, 0.29) is 37.0 Å². The summed E-state index contributed by atoms with van der Waals surface area (Å²) in [6, 6.07) is 45.7. The molecule has 2 aromatic heterocycles. The van der Waals surface area contributed by atoms with Gasteiger partial charge < -0.3 is 24.1 Å². The number of rotatable bonds is 13. The summed E-state index contributed by atoms with van der Waals surface area (Å²) in [5.41, 5.74) is 4.52. The number of carbonyl (C=O) groups is 2. The Morgan fingerprint density at radius 3 is 1.89 bits per heavy atom. The number of nitrogens with zero attached hydrogens (tertiary/aromatic N) is 4. The predicted octanol–water partition coefficient (Wildman–Crippen LogP) is 8.30. The first-order chi connectivity index (χ1) is 27.5. The average molecular weight is 742 g/mol. The lowest BCUT2D eigenvalue weighted by molar-refractivity contribution is -0.0530. The van der Waals surface area contributed by atoms with E-state index in [4.69, 9.17) is 14.2 Å². The van der Waals surface area contributed by atoms with Gasteiger partial charge in [0.15, 0.2) is 17.0 Å². The molecule has 56 heavy (non-hydrogen) atoms. The second-order valence-electron chi connectivity index (χ2n) is 13.6. The van der Waals surface area contributed by atoms with Gasteiger partial charge in [0.2, 0.25) is 0 Å². The van der Waals surface area contributed by atoms with Crippen LogP contribution < -0.4 is 10.1 Å². The van der Waals surface area contributed by atoms with E-state index < -0.39 is 11.6 Å². The number of aromatic nitrogens is 4. The molecule has 7 aromatic rings. The smallest absolute Gasteiger partial charge is 0.338 e. The Bertz CT molecular complexity index is 2420. The van der Waals surface area contributed by atoms with Crippen LogP contribution in [0.4, 0.5) is 5.82 Å². The number of carbonyl (C=O) groups excluding carboxylic acids is 2. The van der Waals surface area contributed by atoms with Gasteiger partial charge in [-0.15, -0.1) is 0 Å². The van der Waals surface area contributed by atoms with E-state index in [2.05, 4.69) is 51.1 Å². The van der Waals surface area contributed by atoms with Gasteiger partial charge in [-0.25, -0.2) is 19.7 Å². The Morgan fingerprint density at radius 2 is 1.29 bits per heavy atom. The zero-order valence-electron chi connectivity index (χ0n) is 30.7. The van der Waals surface area contributed by atoms with Gasteiger partial charge in [0.1, 0.15) is 17.7 Å². The molecule has 1 N–H and O–H groups in total. The van der Waals surface area contributed by atoms with Crippen LogP contribution in [0.5, 0.6) is 5.75 Å².